The number of nitrogens with zero attached hydrogens (tertiary/aromatic N) is 2. The molecule has 0 aliphatic rings. The standard InChI is InChI=1S/C18H16ClFN4OS/c1-25-14-7-4-6-13(9-14)21-18(26)22-17-15(19)11-24(23-17)10-12-5-2-3-8-16(12)20/h2-9,11H,10H2,1H3,(H2,21,22,23,26). The lowest BCUT2D eigenvalue weighted by atomic mass is 10.2. The van der Waals surface area contributed by atoms with E-state index in [-0.39, 0.29) is 12.4 Å². The van der Waals surface area contributed by atoms with Crippen molar-refractivity contribution in [2.75, 3.05) is 17.7 Å². The van der Waals surface area contributed by atoms with Crippen LogP contribution in [0.2, 0.25) is 5.02 Å². The van der Waals surface area contributed by atoms with Crippen LogP contribution in [0.25, 0.3) is 0 Å². The maximum absolute atomic E-state index is 13.8. The molecule has 0 saturated carbocycles. The monoisotopic (exact) mass is 390 g/mol. The minimum atomic E-state index is -0.288. The van der Waals surface area contributed by atoms with Crippen molar-refractivity contribution in [2.45, 2.75) is 6.54 Å². The van der Waals surface area contributed by atoms with Gasteiger partial charge in [0.1, 0.15) is 16.6 Å². The highest BCUT2D eigenvalue weighted by Crippen LogP contribution is 2.22. The van der Waals surface area contributed by atoms with Crippen LogP contribution in [-0.2, 0) is 6.54 Å². The molecular formula is C18H16ClFN4OS. The third-order valence-corrected chi connectivity index (χ3v) is 4.05. The maximum atomic E-state index is 13.8. The summed E-state index contributed by atoms with van der Waals surface area (Å²) in [5, 5.41) is 11.0. The Morgan fingerprint density at radius 2 is 2.04 bits per heavy atom. The molecule has 2 N–H and O–H groups in total. The summed E-state index contributed by atoms with van der Waals surface area (Å²) >= 11 is 11.5. The maximum Gasteiger partial charge on any atom is 0.176 e. The van der Waals surface area contributed by atoms with Gasteiger partial charge in [-0.2, -0.15) is 5.10 Å². The van der Waals surface area contributed by atoms with Crippen molar-refractivity contribution in [3.05, 3.63) is 71.1 Å². The lowest BCUT2D eigenvalue weighted by Crippen LogP contribution is -2.19. The van der Waals surface area contributed by atoms with Gasteiger partial charge in [0.15, 0.2) is 10.9 Å². The highest BCUT2D eigenvalue weighted by molar-refractivity contribution is 7.80. The summed E-state index contributed by atoms with van der Waals surface area (Å²) in [6.45, 7) is 0.268. The molecule has 0 spiro atoms. The van der Waals surface area contributed by atoms with Crippen molar-refractivity contribution in [2.24, 2.45) is 0 Å². The fourth-order valence-electron chi connectivity index (χ4n) is 2.33. The quantitative estimate of drug-likeness (QED) is 0.626. The van der Waals surface area contributed by atoms with Crippen molar-refractivity contribution in [3.63, 3.8) is 0 Å². The van der Waals surface area contributed by atoms with Crippen LogP contribution >= 0.6 is 23.8 Å². The number of methoxy groups -OCH3 is 1. The number of hydrogen-bond acceptors (Lipinski definition) is 3. The molecule has 0 fully saturated rings. The fraction of sp³-hybridized carbons (Fsp3) is 0.111. The molecule has 2 aromatic carbocycles. The summed E-state index contributed by atoms with van der Waals surface area (Å²) in [4.78, 5) is 0. The first kappa shape index (κ1) is 18.2. The summed E-state index contributed by atoms with van der Waals surface area (Å²) in [5.41, 5.74) is 1.29. The Labute approximate surface area is 160 Å². The number of ether oxygens (including phenoxy) is 1. The second-order valence-electron chi connectivity index (χ2n) is 5.43. The van der Waals surface area contributed by atoms with Gasteiger partial charge in [0, 0.05) is 23.5 Å². The molecule has 1 aromatic heterocycles. The van der Waals surface area contributed by atoms with E-state index in [4.69, 9.17) is 28.6 Å². The Morgan fingerprint density at radius 1 is 1.23 bits per heavy atom. The number of anilines is 2. The van der Waals surface area contributed by atoms with Crippen LogP contribution in [0, 0.1) is 5.82 Å². The SMILES string of the molecule is COc1cccc(NC(=S)Nc2nn(Cc3ccccc3F)cc2Cl)c1. The van der Waals surface area contributed by atoms with Gasteiger partial charge in [-0.3, -0.25) is 4.68 Å². The van der Waals surface area contributed by atoms with Crippen LogP contribution in [0.15, 0.2) is 54.7 Å². The molecule has 0 saturated heterocycles. The highest BCUT2D eigenvalue weighted by atomic mass is 35.5. The molecular weight excluding hydrogens is 375 g/mol. The van der Waals surface area contributed by atoms with Crippen molar-refractivity contribution >= 4 is 40.4 Å². The van der Waals surface area contributed by atoms with Crippen LogP contribution in [0.4, 0.5) is 15.9 Å². The van der Waals surface area contributed by atoms with E-state index >= 15 is 0 Å². The third kappa shape index (κ3) is 4.50. The minimum Gasteiger partial charge on any atom is -0.497 e. The normalized spacial score (nSPS) is 10.4. The van der Waals surface area contributed by atoms with Crippen LogP contribution < -0.4 is 15.4 Å². The zero-order valence-electron chi connectivity index (χ0n) is 13.9. The summed E-state index contributed by atoms with van der Waals surface area (Å²) in [6, 6.07) is 13.9. The van der Waals surface area contributed by atoms with Crippen LogP contribution in [-0.4, -0.2) is 22.0 Å². The van der Waals surface area contributed by atoms with E-state index < -0.39 is 0 Å². The molecule has 3 rings (SSSR count). The van der Waals surface area contributed by atoms with E-state index in [1.807, 2.05) is 24.3 Å². The molecule has 0 atom stereocenters. The van der Waals surface area contributed by atoms with Gasteiger partial charge in [0.2, 0.25) is 0 Å². The molecule has 0 bridgehead atoms. The molecule has 5 nitrogen and oxygen atoms in total. The molecule has 134 valence electrons. The predicted octanol–water partition coefficient (Wildman–Crippen LogP) is 4.54. The molecule has 0 aliphatic heterocycles. The van der Waals surface area contributed by atoms with Crippen molar-refractivity contribution in [1.82, 2.24) is 9.78 Å². The van der Waals surface area contributed by atoms with E-state index in [9.17, 15) is 4.39 Å². The van der Waals surface area contributed by atoms with Crippen molar-refractivity contribution in [3.8, 4) is 5.75 Å². The van der Waals surface area contributed by atoms with Gasteiger partial charge in [0.05, 0.1) is 13.7 Å². The van der Waals surface area contributed by atoms with Crippen LogP contribution in [0.5, 0.6) is 5.75 Å². The number of thiocarbonyl (C=S) groups is 1. The van der Waals surface area contributed by atoms with Gasteiger partial charge in [-0.15, -0.1) is 0 Å². The second-order valence-corrected chi connectivity index (χ2v) is 6.24. The molecule has 8 heteroatoms. The fourth-order valence-corrected chi connectivity index (χ4v) is 2.75. The Bertz CT molecular complexity index is 931. The average Bonchev–Trinajstić information content (AvgIpc) is 2.96. The van der Waals surface area contributed by atoms with Gasteiger partial charge >= 0.3 is 0 Å². The number of benzene rings is 2. The van der Waals surface area contributed by atoms with Gasteiger partial charge in [0.25, 0.3) is 0 Å². The van der Waals surface area contributed by atoms with E-state index in [1.54, 1.807) is 36.2 Å². The Morgan fingerprint density at radius 3 is 2.81 bits per heavy atom. The summed E-state index contributed by atoms with van der Waals surface area (Å²) in [5.74, 6) is 0.817. The number of hydrogen-bond donors (Lipinski definition) is 2. The Hall–Kier alpha value is -2.64. The Balaban J connectivity index is 1.67. The van der Waals surface area contributed by atoms with E-state index in [0.29, 0.717) is 27.3 Å². The predicted molar refractivity (Wildman–Crippen MR) is 106 cm³/mol. The number of rotatable bonds is 5. The molecule has 0 unspecified atom stereocenters. The van der Waals surface area contributed by atoms with E-state index in [2.05, 4.69) is 15.7 Å². The lowest BCUT2D eigenvalue weighted by Gasteiger charge is -2.10. The van der Waals surface area contributed by atoms with Gasteiger partial charge in [-0.1, -0.05) is 35.9 Å². The third-order valence-electron chi connectivity index (χ3n) is 3.57. The molecule has 1 heterocycles. The van der Waals surface area contributed by atoms with Crippen LogP contribution in [0.1, 0.15) is 5.56 Å². The first-order valence-corrected chi connectivity index (χ1v) is 8.52. The average molecular weight is 391 g/mol. The largest absolute Gasteiger partial charge is 0.497 e. The van der Waals surface area contributed by atoms with E-state index in [0.717, 1.165) is 5.69 Å². The first-order chi connectivity index (χ1) is 12.5. The highest BCUT2D eigenvalue weighted by Gasteiger charge is 2.10. The summed E-state index contributed by atoms with van der Waals surface area (Å²) in [6.07, 6.45) is 1.62. The lowest BCUT2D eigenvalue weighted by molar-refractivity contribution is 0.415. The van der Waals surface area contributed by atoms with Gasteiger partial charge in [-0.25, -0.2) is 4.39 Å². The molecule has 0 aliphatic carbocycles. The van der Waals surface area contributed by atoms with E-state index in [1.165, 1.54) is 6.07 Å². The first-order valence-electron chi connectivity index (χ1n) is 7.73. The minimum absolute atomic E-state index is 0.268. The molecule has 3 aromatic rings. The topological polar surface area (TPSA) is 51.1 Å². The number of nitrogens with one attached hydrogen (secondary N) is 2. The smallest absolute Gasteiger partial charge is 0.176 e. The van der Waals surface area contributed by atoms with Crippen molar-refractivity contribution < 1.29 is 9.13 Å². The number of halogens is 2. The van der Waals surface area contributed by atoms with Crippen molar-refractivity contribution in [1.29, 1.82) is 0 Å². The summed E-state index contributed by atoms with van der Waals surface area (Å²) < 4.78 is 20.5. The second kappa shape index (κ2) is 8.16. The zero-order chi connectivity index (χ0) is 18.5. The summed E-state index contributed by atoms with van der Waals surface area (Å²) in [7, 11) is 1.59. The molecule has 0 amide bonds. The molecule has 0 radical (unpaired) electrons. The van der Waals surface area contributed by atoms with Gasteiger partial charge in [-0.05, 0) is 30.4 Å². The Kier molecular flexibility index (Phi) is 5.70. The number of aromatic nitrogens is 2. The zero-order valence-corrected chi connectivity index (χ0v) is 15.4. The molecule has 26 heavy (non-hydrogen) atoms. The van der Waals surface area contributed by atoms with Gasteiger partial charge < -0.3 is 15.4 Å². The van der Waals surface area contributed by atoms with Crippen LogP contribution in [0.3, 0.4) is 0 Å².